The molecule has 0 saturated carbocycles. The van der Waals surface area contributed by atoms with E-state index in [0.717, 1.165) is 13.1 Å². The van der Waals surface area contributed by atoms with Gasteiger partial charge in [-0.15, -0.1) is 0 Å². The van der Waals surface area contributed by atoms with Crippen LogP contribution >= 0.6 is 0 Å². The number of nitrogens with zero attached hydrogens (tertiary/aromatic N) is 3. The van der Waals surface area contributed by atoms with Crippen LogP contribution in [-0.4, -0.2) is 98.8 Å². The molecule has 0 aliphatic heterocycles. The van der Waals surface area contributed by atoms with Crippen molar-refractivity contribution in [2.45, 2.75) is 40.7 Å². The van der Waals surface area contributed by atoms with Gasteiger partial charge in [0, 0.05) is 59.7 Å². The van der Waals surface area contributed by atoms with Gasteiger partial charge >= 0.3 is 0 Å². The number of ether oxygens (including phenoxy) is 2. The van der Waals surface area contributed by atoms with Gasteiger partial charge in [-0.3, -0.25) is 14.5 Å². The summed E-state index contributed by atoms with van der Waals surface area (Å²) in [6, 6.07) is 0.413. The largest absolute Gasteiger partial charge is 0.378 e. The van der Waals surface area contributed by atoms with E-state index in [1.165, 1.54) is 0 Å². The highest BCUT2D eigenvalue weighted by molar-refractivity contribution is 5.73. The van der Waals surface area contributed by atoms with E-state index in [-0.39, 0.29) is 11.8 Å². The monoisotopic (exact) mass is 359 g/mol. The van der Waals surface area contributed by atoms with Gasteiger partial charge in [-0.1, -0.05) is 0 Å². The van der Waals surface area contributed by atoms with Gasteiger partial charge in [-0.25, -0.2) is 0 Å². The van der Waals surface area contributed by atoms with Gasteiger partial charge < -0.3 is 19.3 Å². The van der Waals surface area contributed by atoms with E-state index >= 15 is 0 Å². The Morgan fingerprint density at radius 3 is 1.72 bits per heavy atom. The molecule has 0 saturated heterocycles. The van der Waals surface area contributed by atoms with Crippen molar-refractivity contribution in [3.05, 3.63) is 0 Å². The van der Waals surface area contributed by atoms with Crippen LogP contribution in [-0.2, 0) is 19.1 Å². The van der Waals surface area contributed by atoms with Crippen LogP contribution < -0.4 is 0 Å². The molecule has 0 aliphatic rings. The van der Waals surface area contributed by atoms with E-state index in [2.05, 4.69) is 18.7 Å². The summed E-state index contributed by atoms with van der Waals surface area (Å²) in [5.41, 5.74) is 0. The number of amides is 2. The molecule has 25 heavy (non-hydrogen) atoms. The van der Waals surface area contributed by atoms with E-state index in [0.29, 0.717) is 52.1 Å². The molecule has 0 atom stereocenters. The highest BCUT2D eigenvalue weighted by atomic mass is 16.5. The summed E-state index contributed by atoms with van der Waals surface area (Å²) < 4.78 is 11.3. The summed E-state index contributed by atoms with van der Waals surface area (Å²) in [5.74, 6) is 0.137. The molecule has 0 aliphatic carbocycles. The minimum absolute atomic E-state index is 0.0518. The number of carbonyl (C=O) groups is 2. The molecule has 2 amide bonds. The molecule has 0 rings (SSSR count). The molecule has 0 fully saturated rings. The highest BCUT2D eigenvalue weighted by Crippen LogP contribution is 1.98. The first kappa shape index (κ1) is 23.8. The summed E-state index contributed by atoms with van der Waals surface area (Å²) in [7, 11) is 1.77. The van der Waals surface area contributed by atoms with Crippen molar-refractivity contribution in [2.75, 3.05) is 66.2 Å². The Kier molecular flexibility index (Phi) is 13.4. The number of rotatable bonds is 14. The molecule has 0 aromatic rings. The van der Waals surface area contributed by atoms with Crippen molar-refractivity contribution < 1.29 is 19.1 Å². The Labute approximate surface area is 153 Å². The van der Waals surface area contributed by atoms with Gasteiger partial charge in [0.05, 0.1) is 26.4 Å². The number of hydrogen-bond acceptors (Lipinski definition) is 5. The smallest absolute Gasteiger partial charge is 0.219 e. The van der Waals surface area contributed by atoms with E-state index in [1.54, 1.807) is 30.7 Å². The van der Waals surface area contributed by atoms with E-state index in [4.69, 9.17) is 9.47 Å². The minimum Gasteiger partial charge on any atom is -0.378 e. The molecule has 0 aromatic carbocycles. The fraction of sp³-hybridized carbons (Fsp3) is 0.889. The third kappa shape index (κ3) is 11.9. The van der Waals surface area contributed by atoms with Crippen LogP contribution in [0.25, 0.3) is 0 Å². The van der Waals surface area contributed by atoms with Gasteiger partial charge in [0.15, 0.2) is 0 Å². The van der Waals surface area contributed by atoms with Gasteiger partial charge in [0.1, 0.15) is 0 Å². The third-order valence-electron chi connectivity index (χ3n) is 4.22. The lowest BCUT2D eigenvalue weighted by atomic mass is 10.3. The molecule has 0 spiro atoms. The summed E-state index contributed by atoms with van der Waals surface area (Å²) >= 11 is 0. The second kappa shape index (κ2) is 14.0. The maximum atomic E-state index is 11.3. The second-order valence-electron chi connectivity index (χ2n) is 6.39. The van der Waals surface area contributed by atoms with E-state index in [1.807, 2.05) is 6.92 Å². The quantitative estimate of drug-likeness (QED) is 0.434. The first-order valence-electron chi connectivity index (χ1n) is 9.16. The van der Waals surface area contributed by atoms with Gasteiger partial charge in [-0.05, 0) is 20.8 Å². The Bertz CT molecular complexity index is 377. The number of likely N-dealkylation sites (N-methyl/N-ethyl adjacent to an activating group) is 2. The molecule has 0 aromatic heterocycles. The standard InChI is InChI=1S/C18H37N3O4/c1-7-20(18(5)23)9-13-25-15-11-21(16(2)3)10-14-24-12-8-19(6)17(4)22/h16H,7-15H2,1-6H3. The molecule has 7 heteroatoms. The number of hydrogen-bond donors (Lipinski definition) is 0. The average Bonchev–Trinajstić information content (AvgIpc) is 2.54. The topological polar surface area (TPSA) is 62.3 Å². The van der Waals surface area contributed by atoms with Crippen LogP contribution in [0.2, 0.25) is 0 Å². The molecular formula is C18H37N3O4. The predicted octanol–water partition coefficient (Wildman–Crippen LogP) is 1.08. The van der Waals surface area contributed by atoms with Crippen molar-refractivity contribution in [1.82, 2.24) is 14.7 Å². The Hall–Kier alpha value is -1.18. The van der Waals surface area contributed by atoms with Crippen molar-refractivity contribution >= 4 is 11.8 Å². The highest BCUT2D eigenvalue weighted by Gasteiger charge is 2.10. The number of carbonyl (C=O) groups excluding carboxylic acids is 2. The molecule has 0 heterocycles. The first-order chi connectivity index (χ1) is 11.8. The van der Waals surface area contributed by atoms with Crippen molar-refractivity contribution in [3.63, 3.8) is 0 Å². The molecule has 7 nitrogen and oxygen atoms in total. The normalized spacial score (nSPS) is 11.2. The average molecular weight is 360 g/mol. The maximum Gasteiger partial charge on any atom is 0.219 e. The summed E-state index contributed by atoms with van der Waals surface area (Å²) in [5, 5.41) is 0. The summed E-state index contributed by atoms with van der Waals surface area (Å²) in [6.07, 6.45) is 0. The minimum atomic E-state index is 0.0518. The molecule has 0 bridgehead atoms. The van der Waals surface area contributed by atoms with Crippen LogP contribution in [0, 0.1) is 0 Å². The predicted molar refractivity (Wildman–Crippen MR) is 99.6 cm³/mol. The van der Waals surface area contributed by atoms with Crippen LogP contribution in [0.5, 0.6) is 0 Å². The van der Waals surface area contributed by atoms with Crippen molar-refractivity contribution in [2.24, 2.45) is 0 Å². The lowest BCUT2D eigenvalue weighted by Gasteiger charge is -2.26. The fourth-order valence-electron chi connectivity index (χ4n) is 2.27. The Morgan fingerprint density at radius 2 is 1.32 bits per heavy atom. The van der Waals surface area contributed by atoms with Crippen molar-refractivity contribution in [3.8, 4) is 0 Å². The zero-order valence-electron chi connectivity index (χ0n) is 16.9. The first-order valence-corrected chi connectivity index (χ1v) is 9.16. The van der Waals surface area contributed by atoms with Crippen LogP contribution in [0.4, 0.5) is 0 Å². The van der Waals surface area contributed by atoms with Crippen LogP contribution in [0.1, 0.15) is 34.6 Å². The van der Waals surface area contributed by atoms with Crippen LogP contribution in [0.3, 0.4) is 0 Å². The fourth-order valence-corrected chi connectivity index (χ4v) is 2.27. The lowest BCUT2D eigenvalue weighted by Crippen LogP contribution is -2.38. The van der Waals surface area contributed by atoms with E-state index < -0.39 is 0 Å². The summed E-state index contributed by atoms with van der Waals surface area (Å²) in [6.45, 7) is 15.4. The zero-order chi connectivity index (χ0) is 19.2. The second-order valence-corrected chi connectivity index (χ2v) is 6.39. The SMILES string of the molecule is CCN(CCOCCN(CCOCCN(C)C(C)=O)C(C)C)C(C)=O. The molecular weight excluding hydrogens is 322 g/mol. The molecule has 0 radical (unpaired) electrons. The van der Waals surface area contributed by atoms with Crippen LogP contribution in [0.15, 0.2) is 0 Å². The van der Waals surface area contributed by atoms with Gasteiger partial charge in [0.2, 0.25) is 11.8 Å². The van der Waals surface area contributed by atoms with Gasteiger partial charge in [-0.2, -0.15) is 0 Å². The lowest BCUT2D eigenvalue weighted by molar-refractivity contribution is -0.129. The Balaban J connectivity index is 3.84. The molecule has 0 N–H and O–H groups in total. The molecule has 0 unspecified atom stereocenters. The molecule has 148 valence electrons. The maximum absolute atomic E-state index is 11.3. The Morgan fingerprint density at radius 1 is 0.840 bits per heavy atom. The van der Waals surface area contributed by atoms with E-state index in [9.17, 15) is 9.59 Å². The summed E-state index contributed by atoms with van der Waals surface area (Å²) in [4.78, 5) is 28.1. The zero-order valence-corrected chi connectivity index (χ0v) is 16.9. The third-order valence-corrected chi connectivity index (χ3v) is 4.22. The van der Waals surface area contributed by atoms with Crippen molar-refractivity contribution in [1.29, 1.82) is 0 Å². The van der Waals surface area contributed by atoms with Gasteiger partial charge in [0.25, 0.3) is 0 Å².